The second-order valence-corrected chi connectivity index (χ2v) is 6.09. The molecule has 0 fully saturated rings. The molecule has 0 saturated heterocycles. The molecule has 0 unspecified atom stereocenters. The molecular formula is C15H16BrN5O2. The van der Waals surface area contributed by atoms with Gasteiger partial charge in [-0.1, -0.05) is 0 Å². The van der Waals surface area contributed by atoms with E-state index in [0.717, 1.165) is 22.6 Å². The van der Waals surface area contributed by atoms with Crippen molar-refractivity contribution in [2.75, 3.05) is 7.11 Å². The Kier molecular flexibility index (Phi) is 3.93. The predicted octanol–water partition coefficient (Wildman–Crippen LogP) is 1.96. The highest BCUT2D eigenvalue weighted by Crippen LogP contribution is 2.24. The molecule has 120 valence electrons. The van der Waals surface area contributed by atoms with Crippen LogP contribution in [-0.4, -0.2) is 31.4 Å². The number of fused-ring (bicyclic) bond motifs is 1. The molecule has 0 bridgehead atoms. The third kappa shape index (κ3) is 2.52. The van der Waals surface area contributed by atoms with Gasteiger partial charge in [-0.2, -0.15) is 5.10 Å². The van der Waals surface area contributed by atoms with Crippen LogP contribution in [0.4, 0.5) is 0 Å². The first-order chi connectivity index (χ1) is 10.9. The topological polar surface area (TPSA) is 74.8 Å². The van der Waals surface area contributed by atoms with E-state index in [1.54, 1.807) is 25.0 Å². The van der Waals surface area contributed by atoms with Gasteiger partial charge in [-0.25, -0.2) is 9.67 Å². The highest BCUT2D eigenvalue weighted by Gasteiger charge is 2.15. The summed E-state index contributed by atoms with van der Waals surface area (Å²) in [5.41, 5.74) is 3.05. The predicted molar refractivity (Wildman–Crippen MR) is 89.8 cm³/mol. The molecule has 0 aliphatic heterocycles. The van der Waals surface area contributed by atoms with Gasteiger partial charge in [-0.3, -0.25) is 14.3 Å². The molecule has 0 atom stereocenters. The second-order valence-electron chi connectivity index (χ2n) is 5.34. The number of rotatable bonds is 3. The average molecular weight is 378 g/mol. The Hall–Kier alpha value is -2.22. The Morgan fingerprint density at radius 3 is 2.74 bits per heavy atom. The van der Waals surface area contributed by atoms with Crippen LogP contribution in [-0.2, 0) is 13.6 Å². The molecule has 0 amide bonds. The number of pyridine rings is 1. The third-order valence-electron chi connectivity index (χ3n) is 3.84. The molecule has 0 aromatic carbocycles. The Labute approximate surface area is 141 Å². The summed E-state index contributed by atoms with van der Waals surface area (Å²) < 4.78 is 9.01. The van der Waals surface area contributed by atoms with E-state index in [4.69, 9.17) is 4.74 Å². The Balaban J connectivity index is 2.11. The maximum Gasteiger partial charge on any atom is 0.266 e. The highest BCUT2D eigenvalue weighted by molar-refractivity contribution is 9.10. The number of halogens is 1. The molecule has 0 aliphatic carbocycles. The van der Waals surface area contributed by atoms with Crippen LogP contribution in [0.1, 0.15) is 16.8 Å². The number of aryl methyl sites for hydroxylation is 2. The lowest BCUT2D eigenvalue weighted by atomic mass is 10.1. The summed E-state index contributed by atoms with van der Waals surface area (Å²) in [5, 5.41) is 4.64. The van der Waals surface area contributed by atoms with Crippen LogP contribution >= 0.6 is 15.9 Å². The molecule has 0 N–H and O–H groups in total. The molecule has 3 heterocycles. The third-order valence-corrected chi connectivity index (χ3v) is 4.39. The summed E-state index contributed by atoms with van der Waals surface area (Å²) in [4.78, 5) is 21.4. The first kappa shape index (κ1) is 15.7. The van der Waals surface area contributed by atoms with E-state index in [9.17, 15) is 4.79 Å². The van der Waals surface area contributed by atoms with Gasteiger partial charge in [0.2, 0.25) is 0 Å². The molecule has 0 radical (unpaired) electrons. The minimum Gasteiger partial charge on any atom is -0.496 e. The van der Waals surface area contributed by atoms with Crippen LogP contribution in [0.5, 0.6) is 5.75 Å². The summed E-state index contributed by atoms with van der Waals surface area (Å²) in [6, 6.07) is 0. The van der Waals surface area contributed by atoms with Gasteiger partial charge in [-0.05, 0) is 29.8 Å². The molecule has 3 rings (SSSR count). The lowest BCUT2D eigenvalue weighted by molar-refractivity contribution is 0.406. The minimum atomic E-state index is -0.157. The number of nitrogens with zero attached hydrogens (tertiary/aromatic N) is 5. The van der Waals surface area contributed by atoms with Crippen molar-refractivity contribution in [2.45, 2.75) is 20.4 Å². The minimum absolute atomic E-state index is 0.157. The number of hydrogen-bond acceptors (Lipinski definition) is 5. The number of hydrogen-bond donors (Lipinski definition) is 0. The lowest BCUT2D eigenvalue weighted by Gasteiger charge is -2.13. The van der Waals surface area contributed by atoms with E-state index in [1.165, 1.54) is 10.9 Å². The van der Waals surface area contributed by atoms with Crippen molar-refractivity contribution >= 4 is 27.0 Å². The SMILES string of the molecule is COc1c(C)cnc(Cn2cnc3c(c(Br)nn3C)c2=O)c1C. The molecule has 3 aromatic heterocycles. The zero-order valence-corrected chi connectivity index (χ0v) is 14.9. The summed E-state index contributed by atoms with van der Waals surface area (Å²) in [6.07, 6.45) is 3.27. The average Bonchev–Trinajstić information content (AvgIpc) is 2.80. The largest absolute Gasteiger partial charge is 0.496 e. The lowest BCUT2D eigenvalue weighted by Crippen LogP contribution is -2.22. The van der Waals surface area contributed by atoms with Crippen molar-refractivity contribution < 1.29 is 4.74 Å². The smallest absolute Gasteiger partial charge is 0.266 e. The van der Waals surface area contributed by atoms with Crippen molar-refractivity contribution in [3.8, 4) is 5.75 Å². The van der Waals surface area contributed by atoms with E-state index in [2.05, 4.69) is 31.0 Å². The van der Waals surface area contributed by atoms with Gasteiger partial charge in [0.05, 0.1) is 19.3 Å². The fourth-order valence-electron chi connectivity index (χ4n) is 2.64. The maximum absolute atomic E-state index is 12.7. The van der Waals surface area contributed by atoms with Crippen molar-refractivity contribution in [3.05, 3.63) is 44.3 Å². The molecule has 0 spiro atoms. The maximum atomic E-state index is 12.7. The van der Waals surface area contributed by atoms with Gasteiger partial charge in [-0.15, -0.1) is 0 Å². The number of aromatic nitrogens is 5. The fraction of sp³-hybridized carbons (Fsp3) is 0.333. The fourth-order valence-corrected chi connectivity index (χ4v) is 3.22. The van der Waals surface area contributed by atoms with Gasteiger partial charge in [0, 0.05) is 24.4 Å². The van der Waals surface area contributed by atoms with Crippen LogP contribution in [0.25, 0.3) is 11.0 Å². The summed E-state index contributed by atoms with van der Waals surface area (Å²) in [7, 11) is 3.38. The van der Waals surface area contributed by atoms with Crippen molar-refractivity contribution in [2.24, 2.45) is 7.05 Å². The zero-order valence-electron chi connectivity index (χ0n) is 13.3. The van der Waals surface area contributed by atoms with Gasteiger partial charge < -0.3 is 4.74 Å². The van der Waals surface area contributed by atoms with E-state index in [0.29, 0.717) is 22.2 Å². The van der Waals surface area contributed by atoms with E-state index < -0.39 is 0 Å². The van der Waals surface area contributed by atoms with E-state index >= 15 is 0 Å². The Morgan fingerprint density at radius 1 is 1.30 bits per heavy atom. The monoisotopic (exact) mass is 377 g/mol. The first-order valence-electron chi connectivity index (χ1n) is 7.00. The molecule has 3 aromatic rings. The number of methoxy groups -OCH3 is 1. The second kappa shape index (κ2) is 5.77. The van der Waals surface area contributed by atoms with Gasteiger partial charge in [0.1, 0.15) is 22.1 Å². The standard InChI is InChI=1S/C15H16BrN5O2/c1-8-5-17-10(9(2)12(8)23-4)6-21-7-18-14-11(15(21)22)13(16)19-20(14)3/h5,7H,6H2,1-4H3. The molecule has 7 nitrogen and oxygen atoms in total. The highest BCUT2D eigenvalue weighted by atomic mass is 79.9. The number of ether oxygens (including phenoxy) is 1. The summed E-state index contributed by atoms with van der Waals surface area (Å²) in [6.45, 7) is 4.20. The van der Waals surface area contributed by atoms with Crippen LogP contribution in [0, 0.1) is 13.8 Å². The van der Waals surface area contributed by atoms with Crippen molar-refractivity contribution in [1.29, 1.82) is 0 Å². The van der Waals surface area contributed by atoms with Crippen LogP contribution < -0.4 is 10.3 Å². The van der Waals surface area contributed by atoms with Crippen molar-refractivity contribution in [3.63, 3.8) is 0 Å². The summed E-state index contributed by atoms with van der Waals surface area (Å²) in [5.74, 6) is 0.791. The Morgan fingerprint density at radius 2 is 2.04 bits per heavy atom. The van der Waals surface area contributed by atoms with E-state index in [1.807, 2.05) is 13.8 Å². The molecule has 8 heteroatoms. The van der Waals surface area contributed by atoms with Gasteiger partial charge in [0.25, 0.3) is 5.56 Å². The quantitative estimate of drug-likeness (QED) is 0.697. The molecular weight excluding hydrogens is 362 g/mol. The van der Waals surface area contributed by atoms with Crippen molar-refractivity contribution in [1.82, 2.24) is 24.3 Å². The van der Waals surface area contributed by atoms with E-state index in [-0.39, 0.29) is 5.56 Å². The summed E-state index contributed by atoms with van der Waals surface area (Å²) >= 11 is 3.31. The van der Waals surface area contributed by atoms with Crippen LogP contribution in [0.15, 0.2) is 21.9 Å². The van der Waals surface area contributed by atoms with Gasteiger partial charge >= 0.3 is 0 Å². The Bertz CT molecular complexity index is 961. The molecule has 0 saturated carbocycles. The molecule has 23 heavy (non-hydrogen) atoms. The molecule has 0 aliphatic rings. The van der Waals surface area contributed by atoms with Crippen LogP contribution in [0.2, 0.25) is 0 Å². The zero-order chi connectivity index (χ0) is 16.7. The normalized spacial score (nSPS) is 11.2. The van der Waals surface area contributed by atoms with Crippen LogP contribution in [0.3, 0.4) is 0 Å². The van der Waals surface area contributed by atoms with Gasteiger partial charge in [0.15, 0.2) is 5.65 Å². The first-order valence-corrected chi connectivity index (χ1v) is 7.80.